The fourth-order valence-electron chi connectivity index (χ4n) is 2.40. The van der Waals surface area contributed by atoms with Gasteiger partial charge >= 0.3 is 0 Å². The van der Waals surface area contributed by atoms with Crippen LogP contribution in [-0.4, -0.2) is 10.9 Å². The fourth-order valence-corrected chi connectivity index (χ4v) is 2.40. The molecule has 1 aromatic heterocycles. The van der Waals surface area contributed by atoms with Gasteiger partial charge in [-0.15, -0.1) is 0 Å². The summed E-state index contributed by atoms with van der Waals surface area (Å²) in [6.45, 7) is 6.16. The Morgan fingerprint density at radius 3 is 2.76 bits per heavy atom. The molecule has 2 aromatic rings. The zero-order valence-electron chi connectivity index (χ0n) is 12.9. The summed E-state index contributed by atoms with van der Waals surface area (Å²) in [6.07, 6.45) is 4.81. The van der Waals surface area contributed by atoms with E-state index in [9.17, 15) is 4.79 Å². The van der Waals surface area contributed by atoms with Gasteiger partial charge in [-0.2, -0.15) is 0 Å². The van der Waals surface area contributed by atoms with Gasteiger partial charge in [0.05, 0.1) is 6.04 Å². The minimum absolute atomic E-state index is 0.00897. The predicted molar refractivity (Wildman–Crippen MR) is 85.0 cm³/mol. The minimum atomic E-state index is -0.00897. The number of carbonyl (C=O) groups excluding carboxylic acids is 1. The maximum Gasteiger partial charge on any atom is 0.220 e. The Morgan fingerprint density at radius 2 is 2.10 bits per heavy atom. The van der Waals surface area contributed by atoms with Crippen LogP contribution in [0.2, 0.25) is 0 Å². The molecule has 1 atom stereocenters. The lowest BCUT2D eigenvalue weighted by molar-refractivity contribution is -0.121. The van der Waals surface area contributed by atoms with Crippen LogP contribution in [-0.2, 0) is 11.2 Å². The molecule has 1 amide bonds. The third-order valence-electron chi connectivity index (χ3n) is 3.68. The van der Waals surface area contributed by atoms with Crippen molar-refractivity contribution in [3.63, 3.8) is 0 Å². The summed E-state index contributed by atoms with van der Waals surface area (Å²) in [5.41, 5.74) is 4.77. The molecule has 0 saturated heterocycles. The molecule has 0 radical (unpaired) electrons. The molecule has 0 fully saturated rings. The molecular weight excluding hydrogens is 260 g/mol. The van der Waals surface area contributed by atoms with Gasteiger partial charge in [0.2, 0.25) is 5.91 Å². The van der Waals surface area contributed by atoms with Gasteiger partial charge in [0.15, 0.2) is 0 Å². The SMILES string of the molecule is Cc1ccc(CCC(=O)NC(C)c2cccnc2)c(C)c1. The normalized spacial score (nSPS) is 12.0. The zero-order valence-corrected chi connectivity index (χ0v) is 12.9. The highest BCUT2D eigenvalue weighted by Crippen LogP contribution is 2.14. The summed E-state index contributed by atoms with van der Waals surface area (Å²) in [4.78, 5) is 16.1. The van der Waals surface area contributed by atoms with Gasteiger partial charge in [-0.1, -0.05) is 29.8 Å². The first-order chi connectivity index (χ1) is 10.1. The number of nitrogens with one attached hydrogen (secondary N) is 1. The lowest BCUT2D eigenvalue weighted by Gasteiger charge is -2.14. The Morgan fingerprint density at radius 1 is 1.29 bits per heavy atom. The number of pyridine rings is 1. The van der Waals surface area contributed by atoms with E-state index in [-0.39, 0.29) is 11.9 Å². The standard InChI is InChI=1S/C18H22N2O/c1-13-6-7-16(14(2)11-13)8-9-18(21)20-15(3)17-5-4-10-19-12-17/h4-7,10-12,15H,8-9H2,1-3H3,(H,20,21). The number of hydrogen-bond donors (Lipinski definition) is 1. The molecule has 0 saturated carbocycles. The Labute approximate surface area is 126 Å². The first kappa shape index (κ1) is 15.2. The maximum atomic E-state index is 12.0. The number of amides is 1. The number of nitrogens with zero attached hydrogens (tertiary/aromatic N) is 1. The van der Waals surface area contributed by atoms with Crippen molar-refractivity contribution in [2.75, 3.05) is 0 Å². The maximum absolute atomic E-state index is 12.0. The van der Waals surface area contributed by atoms with Crippen molar-refractivity contribution in [1.29, 1.82) is 0 Å². The third kappa shape index (κ3) is 4.42. The van der Waals surface area contributed by atoms with Crippen molar-refractivity contribution in [2.45, 2.75) is 39.7 Å². The van der Waals surface area contributed by atoms with Crippen molar-refractivity contribution in [3.8, 4) is 0 Å². The van der Waals surface area contributed by atoms with Gasteiger partial charge in [0.1, 0.15) is 0 Å². The Kier molecular flexibility index (Phi) is 5.09. The van der Waals surface area contributed by atoms with Crippen LogP contribution >= 0.6 is 0 Å². The summed E-state index contributed by atoms with van der Waals surface area (Å²) in [5, 5.41) is 3.02. The molecule has 0 aliphatic heterocycles. The quantitative estimate of drug-likeness (QED) is 0.912. The van der Waals surface area contributed by atoms with E-state index < -0.39 is 0 Å². The molecule has 1 unspecified atom stereocenters. The zero-order chi connectivity index (χ0) is 15.2. The number of carbonyl (C=O) groups is 1. The molecule has 3 heteroatoms. The van der Waals surface area contributed by atoms with Crippen molar-refractivity contribution >= 4 is 5.91 Å². The van der Waals surface area contributed by atoms with E-state index in [0.717, 1.165) is 12.0 Å². The van der Waals surface area contributed by atoms with Gasteiger partial charge in [0, 0.05) is 18.8 Å². The van der Waals surface area contributed by atoms with Gasteiger partial charge in [0.25, 0.3) is 0 Å². The van der Waals surface area contributed by atoms with Crippen molar-refractivity contribution in [2.24, 2.45) is 0 Å². The van der Waals surface area contributed by atoms with E-state index in [1.54, 1.807) is 12.4 Å². The van der Waals surface area contributed by atoms with Crippen molar-refractivity contribution in [3.05, 3.63) is 65.0 Å². The molecule has 21 heavy (non-hydrogen) atoms. The van der Waals surface area contributed by atoms with E-state index in [2.05, 4.69) is 42.3 Å². The summed E-state index contributed by atoms with van der Waals surface area (Å²) in [6, 6.07) is 10.2. The largest absolute Gasteiger partial charge is 0.350 e. The Balaban J connectivity index is 1.87. The second kappa shape index (κ2) is 7.02. The molecule has 2 rings (SSSR count). The smallest absolute Gasteiger partial charge is 0.220 e. The number of aromatic nitrogens is 1. The van der Waals surface area contributed by atoms with Gasteiger partial charge in [-0.3, -0.25) is 9.78 Å². The number of aryl methyl sites for hydroxylation is 3. The molecule has 3 nitrogen and oxygen atoms in total. The van der Waals surface area contributed by atoms with Crippen LogP contribution < -0.4 is 5.32 Å². The fraction of sp³-hybridized carbons (Fsp3) is 0.333. The second-order valence-electron chi connectivity index (χ2n) is 5.51. The lowest BCUT2D eigenvalue weighted by Crippen LogP contribution is -2.26. The first-order valence-electron chi connectivity index (χ1n) is 7.31. The molecule has 1 N–H and O–H groups in total. The van der Waals surface area contributed by atoms with Gasteiger partial charge in [-0.25, -0.2) is 0 Å². The Bertz CT molecular complexity index is 608. The topological polar surface area (TPSA) is 42.0 Å². The monoisotopic (exact) mass is 282 g/mol. The van der Waals surface area contributed by atoms with Crippen LogP contribution in [0.1, 0.15) is 41.6 Å². The van der Waals surface area contributed by atoms with Crippen LogP contribution in [0.25, 0.3) is 0 Å². The van der Waals surface area contributed by atoms with Crippen LogP contribution in [0, 0.1) is 13.8 Å². The van der Waals surface area contributed by atoms with Gasteiger partial charge < -0.3 is 5.32 Å². The number of benzene rings is 1. The first-order valence-corrected chi connectivity index (χ1v) is 7.31. The Hall–Kier alpha value is -2.16. The predicted octanol–water partition coefficient (Wildman–Crippen LogP) is 3.51. The van der Waals surface area contributed by atoms with Gasteiger partial charge in [-0.05, 0) is 49.9 Å². The molecule has 110 valence electrons. The summed E-state index contributed by atoms with van der Waals surface area (Å²) >= 11 is 0. The van der Waals surface area contributed by atoms with Crippen LogP contribution in [0.4, 0.5) is 0 Å². The average Bonchev–Trinajstić information content (AvgIpc) is 2.47. The molecule has 0 bridgehead atoms. The molecule has 0 aliphatic rings. The lowest BCUT2D eigenvalue weighted by atomic mass is 10.0. The van der Waals surface area contributed by atoms with Crippen molar-refractivity contribution < 1.29 is 4.79 Å². The van der Waals surface area contributed by atoms with E-state index in [4.69, 9.17) is 0 Å². The molecule has 0 aliphatic carbocycles. The van der Waals surface area contributed by atoms with Crippen LogP contribution in [0.5, 0.6) is 0 Å². The summed E-state index contributed by atoms with van der Waals surface area (Å²) in [5.74, 6) is 0.0753. The van der Waals surface area contributed by atoms with E-state index in [1.165, 1.54) is 16.7 Å². The highest BCUT2D eigenvalue weighted by Gasteiger charge is 2.10. The van der Waals surface area contributed by atoms with E-state index in [1.807, 2.05) is 19.1 Å². The molecule has 1 heterocycles. The highest BCUT2D eigenvalue weighted by molar-refractivity contribution is 5.76. The molecule has 1 aromatic carbocycles. The van der Waals surface area contributed by atoms with E-state index >= 15 is 0 Å². The average molecular weight is 282 g/mol. The minimum Gasteiger partial charge on any atom is -0.350 e. The van der Waals surface area contributed by atoms with Crippen LogP contribution in [0.15, 0.2) is 42.7 Å². The highest BCUT2D eigenvalue weighted by atomic mass is 16.1. The molecule has 0 spiro atoms. The third-order valence-corrected chi connectivity index (χ3v) is 3.68. The molecular formula is C18H22N2O. The number of rotatable bonds is 5. The van der Waals surface area contributed by atoms with Crippen molar-refractivity contribution in [1.82, 2.24) is 10.3 Å². The number of hydrogen-bond acceptors (Lipinski definition) is 2. The summed E-state index contributed by atoms with van der Waals surface area (Å²) < 4.78 is 0. The van der Waals surface area contributed by atoms with Crippen LogP contribution in [0.3, 0.4) is 0 Å². The summed E-state index contributed by atoms with van der Waals surface area (Å²) in [7, 11) is 0. The second-order valence-corrected chi connectivity index (χ2v) is 5.51. The van der Waals surface area contributed by atoms with E-state index in [0.29, 0.717) is 6.42 Å².